The van der Waals surface area contributed by atoms with Gasteiger partial charge in [0.1, 0.15) is 4.90 Å². The van der Waals surface area contributed by atoms with E-state index in [0.29, 0.717) is 0 Å². The summed E-state index contributed by atoms with van der Waals surface area (Å²) in [7, 11) is -9.80. The van der Waals surface area contributed by atoms with Gasteiger partial charge in [-0.2, -0.15) is 0 Å². The highest BCUT2D eigenvalue weighted by atomic mass is 32.5. The van der Waals surface area contributed by atoms with E-state index in [9.17, 15) is 24.2 Å². The molecule has 2 nitrogen and oxygen atoms in total. The summed E-state index contributed by atoms with van der Waals surface area (Å²) in [5.41, 5.74) is -0.650. The van der Waals surface area contributed by atoms with Gasteiger partial charge in [0.25, 0.3) is 6.54 Å². The van der Waals surface area contributed by atoms with E-state index >= 15 is 0 Å². The van der Waals surface area contributed by atoms with Crippen molar-refractivity contribution in [3.05, 3.63) is 40.7 Å². The lowest BCUT2D eigenvalue weighted by molar-refractivity contribution is 0.101. The molecule has 0 atom stereocenters. The first-order valence-electron chi connectivity index (χ1n) is 4.56. The van der Waals surface area contributed by atoms with E-state index in [2.05, 4.69) is 4.85 Å². The van der Waals surface area contributed by atoms with Gasteiger partial charge in [0.2, 0.25) is 5.78 Å². The fraction of sp³-hybridized carbons (Fsp3) is 0.200. The van der Waals surface area contributed by atoms with Crippen molar-refractivity contribution < 1.29 is 24.2 Å². The van der Waals surface area contributed by atoms with Gasteiger partial charge in [0.05, 0.1) is 0 Å². The van der Waals surface area contributed by atoms with Crippen LogP contribution in [-0.2, 0) is 0 Å². The fourth-order valence-electron chi connectivity index (χ4n) is 1.29. The average molecular weight is 285 g/mol. The second-order valence-corrected chi connectivity index (χ2v) is 6.15. The molecule has 0 aromatic heterocycles. The molecule has 1 rings (SSSR count). The fourth-order valence-corrected chi connectivity index (χ4v) is 2.05. The third-order valence-corrected chi connectivity index (χ3v) is 3.17. The van der Waals surface area contributed by atoms with Gasteiger partial charge in [-0.1, -0.05) is 19.4 Å². The molecular weight excluding hydrogens is 277 g/mol. The summed E-state index contributed by atoms with van der Waals surface area (Å²) in [4.78, 5) is 11.9. The molecule has 100 valence electrons. The average Bonchev–Trinajstić information content (AvgIpc) is 2.13. The number of nitrogens with zero attached hydrogens (tertiary/aromatic N) is 1. The van der Waals surface area contributed by atoms with E-state index in [1.165, 1.54) is 6.92 Å². The summed E-state index contributed by atoms with van der Waals surface area (Å²) in [6, 6.07) is 1.43. The smallest absolute Gasteiger partial charge is 0.308 e. The van der Waals surface area contributed by atoms with Crippen LogP contribution in [0.2, 0.25) is 0 Å². The number of carbonyl (C=O) groups excluding carboxylic acids is 1. The second kappa shape index (κ2) is 3.45. The Labute approximate surface area is 100.0 Å². The molecule has 18 heavy (non-hydrogen) atoms. The molecule has 0 aliphatic heterocycles. The molecule has 0 radical (unpaired) electrons. The molecule has 1 aromatic rings. The molecule has 0 heterocycles. The summed E-state index contributed by atoms with van der Waals surface area (Å²) in [6.45, 7) is 6.92. The lowest BCUT2D eigenvalue weighted by atomic mass is 10.1. The molecule has 0 saturated heterocycles. The first-order valence-corrected chi connectivity index (χ1v) is 6.51. The van der Waals surface area contributed by atoms with Crippen LogP contribution in [0.1, 0.15) is 15.9 Å². The zero-order valence-corrected chi connectivity index (χ0v) is 9.91. The molecule has 0 fully saturated rings. The third kappa shape index (κ3) is 3.43. The predicted octanol–water partition coefficient (Wildman–Crippen LogP) is 4.75. The molecule has 0 aliphatic rings. The number of halogens is 5. The number of Topliss-reactive ketones (excluding diaryl/α,β-unsaturated/α-hetero) is 1. The highest BCUT2D eigenvalue weighted by Gasteiger charge is 2.65. The Hall–Kier alpha value is -1.62. The number of rotatable bonds is 3. The van der Waals surface area contributed by atoms with E-state index < -0.39 is 33.0 Å². The lowest BCUT2D eigenvalue weighted by Crippen LogP contribution is -2.09. The molecule has 0 N–H and O–H groups in total. The number of ketones is 1. The summed E-state index contributed by atoms with van der Waals surface area (Å²) in [5, 5.41) is 0. The van der Waals surface area contributed by atoms with Gasteiger partial charge in [-0.05, 0) is 30.7 Å². The van der Waals surface area contributed by atoms with Crippen LogP contribution in [-0.4, -0.2) is 12.3 Å². The maximum atomic E-state index is 12.6. The van der Waals surface area contributed by atoms with E-state index in [1.54, 1.807) is 0 Å². The number of hydrogen-bond acceptors (Lipinski definition) is 1. The van der Waals surface area contributed by atoms with Gasteiger partial charge in [-0.15, -0.1) is 0 Å². The molecule has 8 heteroatoms. The molecule has 0 spiro atoms. The molecule has 0 saturated carbocycles. The van der Waals surface area contributed by atoms with Crippen LogP contribution >= 0.6 is 10.2 Å². The minimum atomic E-state index is -9.80. The summed E-state index contributed by atoms with van der Waals surface area (Å²) >= 11 is 0. The summed E-state index contributed by atoms with van der Waals surface area (Å²) in [5.74, 6) is -0.920. The van der Waals surface area contributed by atoms with Gasteiger partial charge >= 0.3 is 10.2 Å². The van der Waals surface area contributed by atoms with Crippen molar-refractivity contribution in [2.45, 2.75) is 11.8 Å². The van der Waals surface area contributed by atoms with Crippen LogP contribution < -0.4 is 0 Å². The largest absolute Gasteiger partial charge is 0.310 e. The third-order valence-electron chi connectivity index (χ3n) is 2.04. The summed E-state index contributed by atoms with van der Waals surface area (Å²) in [6.07, 6.45) is 0. The quantitative estimate of drug-likeness (QED) is 0.446. The maximum absolute atomic E-state index is 12.6. The normalized spacial score (nSPS) is 15.4. The van der Waals surface area contributed by atoms with Gasteiger partial charge < -0.3 is 4.85 Å². The van der Waals surface area contributed by atoms with Crippen molar-refractivity contribution in [1.82, 2.24) is 0 Å². The number of hydrogen-bond donors (Lipinski definition) is 0. The number of aryl methyl sites for hydroxylation is 1. The second-order valence-electron chi connectivity index (χ2n) is 3.74. The van der Waals surface area contributed by atoms with E-state index in [4.69, 9.17) is 6.57 Å². The zero-order chi connectivity index (χ0) is 14.3. The molecule has 0 amide bonds. The van der Waals surface area contributed by atoms with Gasteiger partial charge in [0, 0.05) is 5.56 Å². The Bertz CT molecular complexity index is 558. The van der Waals surface area contributed by atoms with Gasteiger partial charge in [0.15, 0.2) is 0 Å². The lowest BCUT2D eigenvalue weighted by Gasteiger charge is -2.40. The Kier molecular flexibility index (Phi) is 2.76. The Balaban J connectivity index is 3.46. The predicted molar refractivity (Wildman–Crippen MR) is 58.4 cm³/mol. The van der Waals surface area contributed by atoms with Crippen LogP contribution in [0.15, 0.2) is 23.1 Å². The first kappa shape index (κ1) is 14.4. The monoisotopic (exact) mass is 285 g/mol. The highest BCUT2D eigenvalue weighted by Crippen LogP contribution is 3.02. The topological polar surface area (TPSA) is 21.4 Å². The van der Waals surface area contributed by atoms with Crippen molar-refractivity contribution >= 4 is 16.0 Å². The maximum Gasteiger partial charge on any atom is 0.310 e. The minimum Gasteiger partial charge on any atom is -0.308 e. The van der Waals surface area contributed by atoms with E-state index in [1.807, 2.05) is 0 Å². The number of carbonyl (C=O) groups is 1. The SMILES string of the molecule is [C-]#[N+]CC(=O)c1cc(C)cc(S(F)(F)(F)(F)F)c1. The number of benzene rings is 1. The highest BCUT2D eigenvalue weighted by molar-refractivity contribution is 8.45. The Morgan fingerprint density at radius 3 is 2.22 bits per heavy atom. The molecule has 0 aliphatic carbocycles. The Morgan fingerprint density at radius 2 is 1.78 bits per heavy atom. The van der Waals surface area contributed by atoms with E-state index in [0.717, 1.165) is 6.07 Å². The van der Waals surface area contributed by atoms with Crippen molar-refractivity contribution in [1.29, 1.82) is 0 Å². The Morgan fingerprint density at radius 1 is 1.22 bits per heavy atom. The minimum absolute atomic E-state index is 0.0993. The van der Waals surface area contributed by atoms with E-state index in [-0.39, 0.29) is 17.7 Å². The van der Waals surface area contributed by atoms with Gasteiger partial charge in [-0.25, -0.2) is 6.57 Å². The van der Waals surface area contributed by atoms with Crippen molar-refractivity contribution in [3.8, 4) is 0 Å². The first-order chi connectivity index (χ1) is 7.83. The van der Waals surface area contributed by atoms with Crippen molar-refractivity contribution in [3.63, 3.8) is 0 Å². The summed E-state index contributed by atoms with van der Waals surface area (Å²) < 4.78 is 62.9. The van der Waals surface area contributed by atoms with Crippen LogP contribution in [0.5, 0.6) is 0 Å². The van der Waals surface area contributed by atoms with Crippen molar-refractivity contribution in [2.75, 3.05) is 6.54 Å². The van der Waals surface area contributed by atoms with Gasteiger partial charge in [-0.3, -0.25) is 4.79 Å². The molecular formula is C10H8F5NOS. The molecule has 0 unspecified atom stereocenters. The van der Waals surface area contributed by atoms with Crippen LogP contribution in [0.4, 0.5) is 19.4 Å². The molecule has 0 bridgehead atoms. The molecule has 1 aromatic carbocycles. The van der Waals surface area contributed by atoms with Crippen LogP contribution in [0, 0.1) is 13.5 Å². The zero-order valence-electron chi connectivity index (χ0n) is 9.09. The standard InChI is InChI=1S/C10H8F5NOS/c1-7-3-8(10(17)6-16-2)5-9(4-7)18(11,12,13,14)15/h3-5H,6H2,1H3. The van der Waals surface area contributed by atoms with Crippen LogP contribution in [0.25, 0.3) is 4.85 Å². The van der Waals surface area contributed by atoms with Crippen molar-refractivity contribution in [2.24, 2.45) is 0 Å². The van der Waals surface area contributed by atoms with Crippen LogP contribution in [0.3, 0.4) is 0 Å².